The topological polar surface area (TPSA) is 84.3 Å². The summed E-state index contributed by atoms with van der Waals surface area (Å²) in [5.74, 6) is 0.313. The van der Waals surface area contributed by atoms with Gasteiger partial charge in [0.15, 0.2) is 0 Å². The van der Waals surface area contributed by atoms with Crippen LogP contribution in [0.4, 0.5) is 5.82 Å². The lowest BCUT2D eigenvalue weighted by atomic mass is 10.0. The number of carbonyl (C=O) groups is 1. The SMILES string of the molecule is O=C(O)C(Cc1ccccc1)Nc1nc2c(nc1Cc1ccccc1)-c1ccccc1OC2. The minimum absolute atomic E-state index is 0.288. The summed E-state index contributed by atoms with van der Waals surface area (Å²) in [6.07, 6.45) is 0.864. The highest BCUT2D eigenvalue weighted by molar-refractivity contribution is 5.78. The number of ether oxygens (including phenoxy) is 1. The number of fused-ring (bicyclic) bond motifs is 3. The van der Waals surface area contributed by atoms with Gasteiger partial charge in [0.25, 0.3) is 0 Å². The molecule has 4 aromatic rings. The number of aromatic nitrogens is 2. The molecule has 0 aliphatic carbocycles. The fourth-order valence-corrected chi connectivity index (χ4v) is 4.00. The largest absolute Gasteiger partial charge is 0.487 e. The highest BCUT2D eigenvalue weighted by atomic mass is 16.5. The van der Waals surface area contributed by atoms with Crippen LogP contribution in [0.15, 0.2) is 84.9 Å². The van der Waals surface area contributed by atoms with Crippen molar-refractivity contribution in [1.82, 2.24) is 9.97 Å². The van der Waals surface area contributed by atoms with Crippen LogP contribution in [0, 0.1) is 0 Å². The zero-order chi connectivity index (χ0) is 22.6. The molecule has 2 N–H and O–H groups in total. The van der Waals surface area contributed by atoms with Gasteiger partial charge in [-0.2, -0.15) is 0 Å². The molecule has 1 unspecified atom stereocenters. The minimum Gasteiger partial charge on any atom is -0.487 e. The van der Waals surface area contributed by atoms with Gasteiger partial charge in [-0.25, -0.2) is 14.8 Å². The van der Waals surface area contributed by atoms with Crippen LogP contribution in [0.25, 0.3) is 11.3 Å². The van der Waals surface area contributed by atoms with Gasteiger partial charge >= 0.3 is 5.97 Å². The van der Waals surface area contributed by atoms with Gasteiger partial charge in [-0.15, -0.1) is 0 Å². The second-order valence-electron chi connectivity index (χ2n) is 7.99. The number of hydrogen-bond donors (Lipinski definition) is 2. The monoisotopic (exact) mass is 437 g/mol. The number of nitrogens with one attached hydrogen (secondary N) is 1. The molecule has 0 fully saturated rings. The van der Waals surface area contributed by atoms with Gasteiger partial charge in [0, 0.05) is 18.4 Å². The Labute approximate surface area is 191 Å². The van der Waals surface area contributed by atoms with E-state index in [9.17, 15) is 9.90 Å². The van der Waals surface area contributed by atoms with E-state index in [4.69, 9.17) is 14.7 Å². The molecule has 0 saturated carbocycles. The first-order valence-corrected chi connectivity index (χ1v) is 10.9. The van der Waals surface area contributed by atoms with Crippen LogP contribution in [0.3, 0.4) is 0 Å². The molecule has 1 aliphatic rings. The van der Waals surface area contributed by atoms with Crippen molar-refractivity contribution < 1.29 is 14.6 Å². The van der Waals surface area contributed by atoms with E-state index < -0.39 is 12.0 Å². The van der Waals surface area contributed by atoms with E-state index in [-0.39, 0.29) is 6.61 Å². The molecule has 0 amide bonds. The Morgan fingerprint density at radius 3 is 2.30 bits per heavy atom. The van der Waals surface area contributed by atoms with E-state index in [1.165, 1.54) is 0 Å². The molecule has 6 heteroatoms. The molecule has 0 radical (unpaired) electrons. The van der Waals surface area contributed by atoms with Gasteiger partial charge in [-0.3, -0.25) is 0 Å². The van der Waals surface area contributed by atoms with E-state index in [0.717, 1.165) is 28.1 Å². The van der Waals surface area contributed by atoms with Crippen LogP contribution < -0.4 is 10.1 Å². The Hall–Kier alpha value is -4.19. The van der Waals surface area contributed by atoms with E-state index in [0.29, 0.717) is 30.0 Å². The smallest absolute Gasteiger partial charge is 0.326 e. The Morgan fingerprint density at radius 2 is 1.58 bits per heavy atom. The van der Waals surface area contributed by atoms with E-state index >= 15 is 0 Å². The number of anilines is 1. The maximum Gasteiger partial charge on any atom is 0.326 e. The van der Waals surface area contributed by atoms with Crippen LogP contribution in [0.5, 0.6) is 5.75 Å². The van der Waals surface area contributed by atoms with E-state index in [1.54, 1.807) is 0 Å². The molecule has 5 rings (SSSR count). The van der Waals surface area contributed by atoms with E-state index in [2.05, 4.69) is 5.32 Å². The molecule has 1 aliphatic heterocycles. The first-order chi connectivity index (χ1) is 16.2. The number of aliphatic carboxylic acids is 1. The molecule has 6 nitrogen and oxygen atoms in total. The number of hydrogen-bond acceptors (Lipinski definition) is 5. The van der Waals surface area contributed by atoms with Gasteiger partial charge in [0.2, 0.25) is 0 Å². The second kappa shape index (κ2) is 9.12. The molecule has 1 atom stereocenters. The predicted molar refractivity (Wildman–Crippen MR) is 126 cm³/mol. The van der Waals surface area contributed by atoms with Crippen LogP contribution >= 0.6 is 0 Å². The summed E-state index contributed by atoms with van der Waals surface area (Å²) >= 11 is 0. The van der Waals surface area contributed by atoms with Gasteiger partial charge in [-0.1, -0.05) is 72.8 Å². The summed E-state index contributed by atoms with van der Waals surface area (Å²) in [6.45, 7) is 0.288. The molecule has 0 saturated heterocycles. The molecular formula is C27H23N3O3. The molecule has 33 heavy (non-hydrogen) atoms. The zero-order valence-corrected chi connectivity index (χ0v) is 17.9. The zero-order valence-electron chi connectivity index (χ0n) is 17.9. The Morgan fingerprint density at radius 1 is 0.909 bits per heavy atom. The average molecular weight is 437 g/mol. The van der Waals surface area contributed by atoms with Crippen LogP contribution in [-0.2, 0) is 24.2 Å². The van der Waals surface area contributed by atoms with Crippen molar-refractivity contribution in [2.75, 3.05) is 5.32 Å². The maximum atomic E-state index is 12.1. The first-order valence-electron chi connectivity index (χ1n) is 10.9. The third kappa shape index (κ3) is 4.55. The summed E-state index contributed by atoms with van der Waals surface area (Å²) in [4.78, 5) is 21.9. The fourth-order valence-electron chi connectivity index (χ4n) is 4.00. The molecule has 0 spiro atoms. The van der Waals surface area contributed by atoms with Crippen molar-refractivity contribution in [3.05, 3.63) is 107 Å². The highest BCUT2D eigenvalue weighted by Crippen LogP contribution is 2.36. The van der Waals surface area contributed by atoms with Gasteiger partial charge in [-0.05, 0) is 23.3 Å². The molecule has 0 bridgehead atoms. The third-order valence-electron chi connectivity index (χ3n) is 5.65. The highest BCUT2D eigenvalue weighted by Gasteiger charge is 2.25. The maximum absolute atomic E-state index is 12.1. The molecular weight excluding hydrogens is 414 g/mol. The lowest BCUT2D eigenvalue weighted by Gasteiger charge is -2.23. The standard InChI is InChI=1S/C27H23N3O3/c31-27(32)22(16-19-11-5-2-6-12-19)29-26-21(15-18-9-3-1-4-10-18)28-25-20-13-7-8-14-24(20)33-17-23(25)30-26/h1-14,22H,15-17H2,(H,29,30)(H,31,32). The van der Waals surface area contributed by atoms with Crippen molar-refractivity contribution in [3.63, 3.8) is 0 Å². The van der Waals surface area contributed by atoms with Crippen molar-refractivity contribution >= 4 is 11.8 Å². The molecule has 3 aromatic carbocycles. The quantitative estimate of drug-likeness (QED) is 0.435. The number of benzene rings is 3. The third-order valence-corrected chi connectivity index (χ3v) is 5.65. The normalized spacial score (nSPS) is 12.7. The number of para-hydroxylation sites is 1. The number of carboxylic acids is 1. The van der Waals surface area contributed by atoms with Gasteiger partial charge < -0.3 is 15.2 Å². The Kier molecular flexibility index (Phi) is 5.72. The minimum atomic E-state index is -0.939. The van der Waals surface area contributed by atoms with Crippen LogP contribution in [0.2, 0.25) is 0 Å². The lowest BCUT2D eigenvalue weighted by molar-refractivity contribution is -0.137. The predicted octanol–water partition coefficient (Wildman–Crippen LogP) is 4.73. The second-order valence-corrected chi connectivity index (χ2v) is 7.99. The first kappa shape index (κ1) is 20.7. The summed E-state index contributed by atoms with van der Waals surface area (Å²) in [6, 6.07) is 26.5. The Balaban J connectivity index is 1.54. The number of rotatable bonds is 7. The average Bonchev–Trinajstić information content (AvgIpc) is 2.85. The summed E-state index contributed by atoms with van der Waals surface area (Å²) in [5.41, 5.74) is 5.08. The lowest BCUT2D eigenvalue weighted by Crippen LogP contribution is -2.33. The Bertz CT molecular complexity index is 1280. The van der Waals surface area contributed by atoms with Crippen molar-refractivity contribution in [2.24, 2.45) is 0 Å². The fraction of sp³-hybridized carbons (Fsp3) is 0.148. The summed E-state index contributed by atoms with van der Waals surface area (Å²) in [7, 11) is 0. The summed E-state index contributed by atoms with van der Waals surface area (Å²) in [5, 5.41) is 13.1. The summed E-state index contributed by atoms with van der Waals surface area (Å²) < 4.78 is 5.86. The van der Waals surface area contributed by atoms with E-state index in [1.807, 2.05) is 84.9 Å². The van der Waals surface area contributed by atoms with Crippen LogP contribution in [-0.4, -0.2) is 27.1 Å². The molecule has 164 valence electrons. The van der Waals surface area contributed by atoms with Crippen molar-refractivity contribution in [2.45, 2.75) is 25.5 Å². The van der Waals surface area contributed by atoms with Gasteiger partial charge in [0.1, 0.15) is 29.9 Å². The molecule has 1 aromatic heterocycles. The number of carboxylic acid groups (broad SMARTS) is 1. The van der Waals surface area contributed by atoms with Crippen molar-refractivity contribution in [3.8, 4) is 17.0 Å². The van der Waals surface area contributed by atoms with Gasteiger partial charge in [0.05, 0.1) is 11.4 Å². The van der Waals surface area contributed by atoms with Crippen molar-refractivity contribution in [1.29, 1.82) is 0 Å². The number of nitrogens with zero attached hydrogens (tertiary/aromatic N) is 2. The molecule has 2 heterocycles. The van der Waals surface area contributed by atoms with Crippen LogP contribution in [0.1, 0.15) is 22.5 Å².